The lowest BCUT2D eigenvalue weighted by Crippen LogP contribution is -2.59. The number of likely N-dealkylation sites (tertiary alicyclic amines) is 1. The molecule has 0 bridgehead atoms. The Kier molecular flexibility index (Phi) is 3.08. The van der Waals surface area contributed by atoms with E-state index in [1.54, 1.807) is 0 Å². The van der Waals surface area contributed by atoms with Gasteiger partial charge in [0.25, 0.3) is 11.8 Å². The van der Waals surface area contributed by atoms with Crippen LogP contribution in [0.25, 0.3) is 0 Å². The lowest BCUT2D eigenvalue weighted by atomic mass is 9.89. The number of rotatable bonds is 1. The van der Waals surface area contributed by atoms with Crippen LogP contribution in [0.4, 0.5) is 9.18 Å². The van der Waals surface area contributed by atoms with Gasteiger partial charge in [0.1, 0.15) is 5.54 Å². The number of hydrogen-bond donors (Lipinski definition) is 2. The quantitative estimate of drug-likeness (QED) is 0.564. The van der Waals surface area contributed by atoms with Crippen molar-refractivity contribution in [3.63, 3.8) is 0 Å². The number of halogens is 1. The average molecular weight is 292 g/mol. The second kappa shape index (κ2) is 4.80. The van der Waals surface area contributed by atoms with Crippen molar-refractivity contribution >= 4 is 17.8 Å². The third-order valence-electron chi connectivity index (χ3n) is 3.78. The number of pyridine rings is 1. The average Bonchev–Trinajstić information content (AvgIpc) is 2.72. The normalized spacial score (nSPS) is 24.9. The van der Waals surface area contributed by atoms with Crippen molar-refractivity contribution in [1.82, 2.24) is 20.5 Å². The second-order valence-electron chi connectivity index (χ2n) is 5.16. The predicted octanol–water partition coefficient (Wildman–Crippen LogP) is 0.0349. The van der Waals surface area contributed by atoms with E-state index in [1.807, 2.05) is 0 Å². The number of nitrogens with one attached hydrogen (secondary N) is 2. The fraction of sp³-hybridized carbons (Fsp3) is 0.385. The SMILES string of the molecule is O=C1NC(=O)C2(CCCN(C(=O)c3cccnc3F)C2)N1. The molecule has 1 aromatic rings. The van der Waals surface area contributed by atoms with E-state index in [1.165, 1.54) is 23.2 Å². The molecule has 2 N–H and O–H groups in total. The van der Waals surface area contributed by atoms with Gasteiger partial charge in [-0.15, -0.1) is 0 Å². The standard InChI is InChI=1S/C13H13FN4O3/c14-9-8(3-1-5-15-9)10(19)18-6-2-4-13(7-18)11(20)16-12(21)17-13/h1,3,5H,2,4,6-7H2,(H2,16,17,20,21). The third-order valence-corrected chi connectivity index (χ3v) is 3.78. The molecule has 1 unspecified atom stereocenters. The van der Waals surface area contributed by atoms with Gasteiger partial charge >= 0.3 is 6.03 Å². The molecule has 2 fully saturated rings. The fourth-order valence-electron chi connectivity index (χ4n) is 2.76. The van der Waals surface area contributed by atoms with Gasteiger partial charge in [0, 0.05) is 12.7 Å². The minimum absolute atomic E-state index is 0.0255. The summed E-state index contributed by atoms with van der Waals surface area (Å²) in [5, 5.41) is 4.74. The monoisotopic (exact) mass is 292 g/mol. The molecule has 0 saturated carbocycles. The molecule has 8 heteroatoms. The maximum atomic E-state index is 13.6. The number of carbonyl (C=O) groups excluding carboxylic acids is 3. The summed E-state index contributed by atoms with van der Waals surface area (Å²) in [7, 11) is 0. The smallest absolute Gasteiger partial charge is 0.322 e. The molecule has 0 aliphatic carbocycles. The van der Waals surface area contributed by atoms with E-state index in [0.717, 1.165) is 0 Å². The molecule has 0 aromatic carbocycles. The van der Waals surface area contributed by atoms with E-state index < -0.39 is 29.3 Å². The highest BCUT2D eigenvalue weighted by Gasteiger charge is 2.49. The molecule has 2 saturated heterocycles. The Bertz CT molecular complexity index is 636. The third kappa shape index (κ3) is 2.22. The zero-order valence-corrected chi connectivity index (χ0v) is 11.1. The van der Waals surface area contributed by atoms with E-state index >= 15 is 0 Å². The number of carbonyl (C=O) groups is 3. The van der Waals surface area contributed by atoms with Gasteiger partial charge < -0.3 is 10.2 Å². The van der Waals surface area contributed by atoms with Crippen LogP contribution in [0.2, 0.25) is 0 Å². The summed E-state index contributed by atoms with van der Waals surface area (Å²) in [5.41, 5.74) is -1.25. The van der Waals surface area contributed by atoms with Crippen LogP contribution >= 0.6 is 0 Å². The molecule has 21 heavy (non-hydrogen) atoms. The second-order valence-corrected chi connectivity index (χ2v) is 5.16. The summed E-state index contributed by atoms with van der Waals surface area (Å²) in [5.74, 6) is -1.83. The van der Waals surface area contributed by atoms with Crippen molar-refractivity contribution in [3.8, 4) is 0 Å². The van der Waals surface area contributed by atoms with Crippen LogP contribution in [0, 0.1) is 5.95 Å². The van der Waals surface area contributed by atoms with Gasteiger partial charge in [0.15, 0.2) is 0 Å². The molecule has 1 atom stereocenters. The number of aromatic nitrogens is 1. The molecule has 0 radical (unpaired) electrons. The molecule has 1 spiro atoms. The van der Waals surface area contributed by atoms with Gasteiger partial charge in [-0.2, -0.15) is 4.39 Å². The van der Waals surface area contributed by atoms with Crippen LogP contribution in [0.15, 0.2) is 18.3 Å². The summed E-state index contributed by atoms with van der Waals surface area (Å²) in [4.78, 5) is 40.4. The molecule has 7 nitrogen and oxygen atoms in total. The van der Waals surface area contributed by atoms with Crippen molar-refractivity contribution in [1.29, 1.82) is 0 Å². The van der Waals surface area contributed by atoms with E-state index in [-0.39, 0.29) is 12.1 Å². The molecule has 1 aromatic heterocycles. The van der Waals surface area contributed by atoms with Crippen LogP contribution in [-0.2, 0) is 4.79 Å². The molecular weight excluding hydrogens is 279 g/mol. The Hall–Kier alpha value is -2.51. The van der Waals surface area contributed by atoms with Gasteiger partial charge in [-0.05, 0) is 25.0 Å². The van der Waals surface area contributed by atoms with Crippen LogP contribution in [0.1, 0.15) is 23.2 Å². The topological polar surface area (TPSA) is 91.4 Å². The van der Waals surface area contributed by atoms with Crippen molar-refractivity contribution < 1.29 is 18.8 Å². The number of urea groups is 1. The molecule has 3 heterocycles. The number of amides is 4. The van der Waals surface area contributed by atoms with Crippen LogP contribution in [-0.4, -0.2) is 46.4 Å². The molecule has 2 aliphatic heterocycles. The highest BCUT2D eigenvalue weighted by Crippen LogP contribution is 2.25. The summed E-state index contributed by atoms with van der Waals surface area (Å²) < 4.78 is 13.6. The highest BCUT2D eigenvalue weighted by molar-refractivity contribution is 6.07. The number of imide groups is 1. The van der Waals surface area contributed by atoms with Gasteiger partial charge in [0.2, 0.25) is 5.95 Å². The minimum Gasteiger partial charge on any atom is -0.336 e. The summed E-state index contributed by atoms with van der Waals surface area (Å²) in [6.45, 7) is 0.426. The van der Waals surface area contributed by atoms with E-state index in [9.17, 15) is 18.8 Å². The van der Waals surface area contributed by atoms with Crippen molar-refractivity contribution in [2.75, 3.05) is 13.1 Å². The number of nitrogens with zero attached hydrogens (tertiary/aromatic N) is 2. The largest absolute Gasteiger partial charge is 0.336 e. The first-order chi connectivity index (χ1) is 10.0. The van der Waals surface area contributed by atoms with Gasteiger partial charge in [-0.25, -0.2) is 9.78 Å². The van der Waals surface area contributed by atoms with Crippen molar-refractivity contribution in [2.24, 2.45) is 0 Å². The Morgan fingerprint density at radius 3 is 2.90 bits per heavy atom. The Morgan fingerprint density at radius 1 is 1.43 bits per heavy atom. The maximum Gasteiger partial charge on any atom is 0.322 e. The summed E-state index contributed by atoms with van der Waals surface area (Å²) >= 11 is 0. The van der Waals surface area contributed by atoms with Gasteiger partial charge in [-0.3, -0.25) is 14.9 Å². The van der Waals surface area contributed by atoms with E-state index in [0.29, 0.717) is 19.4 Å². The van der Waals surface area contributed by atoms with Crippen molar-refractivity contribution in [2.45, 2.75) is 18.4 Å². The summed E-state index contributed by atoms with van der Waals surface area (Å²) in [6.07, 6.45) is 2.25. The minimum atomic E-state index is -1.11. The highest BCUT2D eigenvalue weighted by atomic mass is 19.1. The lowest BCUT2D eigenvalue weighted by molar-refractivity contribution is -0.125. The zero-order chi connectivity index (χ0) is 15.0. The Balaban J connectivity index is 1.84. The van der Waals surface area contributed by atoms with Gasteiger partial charge in [0.05, 0.1) is 12.1 Å². The fourth-order valence-corrected chi connectivity index (χ4v) is 2.76. The van der Waals surface area contributed by atoms with Crippen molar-refractivity contribution in [3.05, 3.63) is 29.8 Å². The zero-order valence-electron chi connectivity index (χ0n) is 11.1. The molecule has 4 amide bonds. The first-order valence-electron chi connectivity index (χ1n) is 6.55. The first kappa shape index (κ1) is 13.5. The summed E-state index contributed by atoms with van der Waals surface area (Å²) in [6, 6.07) is 2.25. The number of piperidine rings is 1. The number of hydrogen-bond acceptors (Lipinski definition) is 4. The van der Waals surface area contributed by atoms with E-state index in [4.69, 9.17) is 0 Å². The predicted molar refractivity (Wildman–Crippen MR) is 68.7 cm³/mol. The maximum absolute atomic E-state index is 13.6. The molecule has 110 valence electrons. The van der Waals surface area contributed by atoms with E-state index in [2.05, 4.69) is 15.6 Å². The van der Waals surface area contributed by atoms with Gasteiger partial charge in [-0.1, -0.05) is 0 Å². The molecular formula is C13H13FN4O3. The van der Waals surface area contributed by atoms with Crippen LogP contribution in [0.5, 0.6) is 0 Å². The molecule has 3 rings (SSSR count). The Labute approximate surface area is 119 Å². The van der Waals surface area contributed by atoms with Crippen LogP contribution in [0.3, 0.4) is 0 Å². The Morgan fingerprint density at radius 2 is 2.24 bits per heavy atom. The lowest BCUT2D eigenvalue weighted by Gasteiger charge is -2.38. The molecule has 2 aliphatic rings. The van der Waals surface area contributed by atoms with Crippen LogP contribution < -0.4 is 10.6 Å². The first-order valence-corrected chi connectivity index (χ1v) is 6.55.